The van der Waals surface area contributed by atoms with Gasteiger partial charge in [-0.2, -0.15) is 0 Å². The zero-order chi connectivity index (χ0) is 11.5. The van der Waals surface area contributed by atoms with Crippen molar-refractivity contribution < 1.29 is 4.79 Å². The fourth-order valence-corrected chi connectivity index (χ4v) is 1.39. The molecule has 0 unspecified atom stereocenters. The van der Waals surface area contributed by atoms with Crippen LogP contribution in [-0.2, 0) is 0 Å². The first kappa shape index (κ1) is 10.4. The molecule has 0 aliphatic heterocycles. The van der Waals surface area contributed by atoms with Gasteiger partial charge in [0.25, 0.3) is 0 Å². The average molecular weight is 213 g/mol. The van der Waals surface area contributed by atoms with Crippen LogP contribution >= 0.6 is 0 Å². The summed E-state index contributed by atoms with van der Waals surface area (Å²) < 4.78 is 0. The van der Waals surface area contributed by atoms with Crippen molar-refractivity contribution in [3.05, 3.63) is 42.1 Å². The number of ketones is 1. The predicted octanol–water partition coefficient (Wildman–Crippen LogP) is 2.05. The van der Waals surface area contributed by atoms with Gasteiger partial charge in [-0.05, 0) is 25.1 Å². The van der Waals surface area contributed by atoms with E-state index in [0.29, 0.717) is 0 Å². The first-order valence-electron chi connectivity index (χ1n) is 4.94. The molecule has 0 saturated heterocycles. The van der Waals surface area contributed by atoms with Crippen molar-refractivity contribution in [2.75, 3.05) is 0 Å². The Kier molecular flexibility index (Phi) is 2.72. The molecule has 0 radical (unpaired) electrons. The normalized spacial score (nSPS) is 10.1. The molecule has 0 saturated carbocycles. The third-order valence-corrected chi connectivity index (χ3v) is 2.13. The Labute approximate surface area is 93.4 Å². The van der Waals surface area contributed by atoms with E-state index in [0.717, 1.165) is 17.0 Å². The number of aromatic nitrogens is 3. The molecule has 80 valence electrons. The summed E-state index contributed by atoms with van der Waals surface area (Å²) in [6.07, 6.45) is 3.41. The van der Waals surface area contributed by atoms with Gasteiger partial charge in [-0.15, -0.1) is 0 Å². The molecule has 4 nitrogen and oxygen atoms in total. The van der Waals surface area contributed by atoms with Crippen LogP contribution in [0, 0.1) is 6.92 Å². The summed E-state index contributed by atoms with van der Waals surface area (Å²) in [6.45, 7) is 3.30. The summed E-state index contributed by atoms with van der Waals surface area (Å²) in [5.41, 5.74) is 2.39. The smallest absolute Gasteiger partial charge is 0.196 e. The summed E-state index contributed by atoms with van der Waals surface area (Å²) in [7, 11) is 0. The zero-order valence-corrected chi connectivity index (χ0v) is 9.14. The highest BCUT2D eigenvalue weighted by atomic mass is 16.1. The highest BCUT2D eigenvalue weighted by Gasteiger charge is 2.07. The number of aryl methyl sites for hydroxylation is 1. The highest BCUT2D eigenvalue weighted by Crippen LogP contribution is 2.16. The minimum Gasteiger partial charge on any atom is -0.291 e. The molecule has 0 aliphatic rings. The van der Waals surface area contributed by atoms with Gasteiger partial charge in [-0.3, -0.25) is 9.78 Å². The van der Waals surface area contributed by atoms with Crippen LogP contribution < -0.4 is 0 Å². The summed E-state index contributed by atoms with van der Waals surface area (Å²) in [6, 6.07) is 5.57. The molecule has 4 heteroatoms. The van der Waals surface area contributed by atoms with Gasteiger partial charge in [0, 0.05) is 30.6 Å². The molecule has 0 N–H and O–H groups in total. The highest BCUT2D eigenvalue weighted by molar-refractivity contribution is 5.90. The molecule has 0 spiro atoms. The lowest BCUT2D eigenvalue weighted by Crippen LogP contribution is -2.03. The lowest BCUT2D eigenvalue weighted by Gasteiger charge is -2.03. The Hall–Kier alpha value is -2.10. The van der Waals surface area contributed by atoms with E-state index in [-0.39, 0.29) is 11.6 Å². The summed E-state index contributed by atoms with van der Waals surface area (Å²) in [5.74, 6) is 0.118. The van der Waals surface area contributed by atoms with E-state index in [1.54, 1.807) is 12.4 Å². The van der Waals surface area contributed by atoms with Crippen LogP contribution in [0.5, 0.6) is 0 Å². The van der Waals surface area contributed by atoms with Crippen LogP contribution in [0.4, 0.5) is 0 Å². The van der Waals surface area contributed by atoms with Crippen molar-refractivity contribution >= 4 is 5.78 Å². The van der Waals surface area contributed by atoms with Gasteiger partial charge in [0.05, 0.1) is 5.69 Å². The van der Waals surface area contributed by atoms with Crippen LogP contribution in [-0.4, -0.2) is 20.7 Å². The SMILES string of the molecule is CC(=O)c1nc(C)cc(-c2cccnc2)n1. The van der Waals surface area contributed by atoms with Gasteiger partial charge in [0.1, 0.15) is 0 Å². The van der Waals surface area contributed by atoms with E-state index in [4.69, 9.17) is 0 Å². The largest absolute Gasteiger partial charge is 0.291 e. The molecule has 0 aliphatic carbocycles. The minimum absolute atomic E-state index is 0.131. The van der Waals surface area contributed by atoms with Crippen molar-refractivity contribution in [2.45, 2.75) is 13.8 Å². The molecule has 0 bridgehead atoms. The number of carbonyl (C=O) groups excluding carboxylic acids is 1. The summed E-state index contributed by atoms with van der Waals surface area (Å²) in [4.78, 5) is 23.5. The number of pyridine rings is 1. The molecule has 16 heavy (non-hydrogen) atoms. The van der Waals surface area contributed by atoms with Gasteiger partial charge in [-0.25, -0.2) is 9.97 Å². The van der Waals surface area contributed by atoms with Gasteiger partial charge < -0.3 is 0 Å². The average Bonchev–Trinajstić information content (AvgIpc) is 2.29. The summed E-state index contributed by atoms with van der Waals surface area (Å²) >= 11 is 0. The maximum Gasteiger partial charge on any atom is 0.196 e. The molecule has 2 rings (SSSR count). The fraction of sp³-hybridized carbons (Fsp3) is 0.167. The summed E-state index contributed by atoms with van der Waals surface area (Å²) in [5, 5.41) is 0. The first-order valence-corrected chi connectivity index (χ1v) is 4.94. The zero-order valence-electron chi connectivity index (χ0n) is 9.14. The van der Waals surface area contributed by atoms with Crippen molar-refractivity contribution in [1.29, 1.82) is 0 Å². The molecule has 0 amide bonds. The number of carbonyl (C=O) groups is 1. The van der Waals surface area contributed by atoms with Crippen LogP contribution in [0.1, 0.15) is 23.2 Å². The molecule has 0 fully saturated rings. The fourth-order valence-electron chi connectivity index (χ4n) is 1.39. The van der Waals surface area contributed by atoms with Crippen LogP contribution in [0.2, 0.25) is 0 Å². The van der Waals surface area contributed by atoms with Crippen molar-refractivity contribution in [3.63, 3.8) is 0 Å². The minimum atomic E-state index is -0.131. The second kappa shape index (κ2) is 4.18. The standard InChI is InChI=1S/C12H11N3O/c1-8-6-11(10-4-3-5-13-7-10)15-12(14-8)9(2)16/h3-7H,1-2H3. The van der Waals surface area contributed by atoms with Crippen molar-refractivity contribution in [3.8, 4) is 11.3 Å². The second-order valence-corrected chi connectivity index (χ2v) is 3.52. The Morgan fingerprint density at radius 3 is 2.75 bits per heavy atom. The maximum atomic E-state index is 11.2. The molecule has 2 aromatic rings. The van der Waals surface area contributed by atoms with E-state index in [1.807, 2.05) is 25.1 Å². The monoisotopic (exact) mass is 213 g/mol. The Morgan fingerprint density at radius 1 is 1.31 bits per heavy atom. The second-order valence-electron chi connectivity index (χ2n) is 3.52. The molecule has 2 aromatic heterocycles. The first-order chi connectivity index (χ1) is 7.66. The quantitative estimate of drug-likeness (QED) is 0.716. The lowest BCUT2D eigenvalue weighted by molar-refractivity contribution is 0.100. The third kappa shape index (κ3) is 2.11. The molecule has 0 aromatic carbocycles. The van der Waals surface area contributed by atoms with Gasteiger partial charge in [0.2, 0.25) is 0 Å². The Bertz CT molecular complexity index is 523. The number of Topliss-reactive ketones (excluding diaryl/α,β-unsaturated/α-hetero) is 1. The number of hydrogen-bond acceptors (Lipinski definition) is 4. The van der Waals surface area contributed by atoms with Crippen LogP contribution in [0.25, 0.3) is 11.3 Å². The van der Waals surface area contributed by atoms with E-state index >= 15 is 0 Å². The van der Waals surface area contributed by atoms with Crippen LogP contribution in [0.3, 0.4) is 0 Å². The Balaban J connectivity index is 2.54. The lowest BCUT2D eigenvalue weighted by atomic mass is 10.2. The van der Waals surface area contributed by atoms with E-state index in [1.165, 1.54) is 6.92 Å². The number of rotatable bonds is 2. The molecular weight excluding hydrogens is 202 g/mol. The van der Waals surface area contributed by atoms with Crippen molar-refractivity contribution in [2.24, 2.45) is 0 Å². The topological polar surface area (TPSA) is 55.7 Å². The van der Waals surface area contributed by atoms with Gasteiger partial charge in [-0.1, -0.05) is 0 Å². The molecular formula is C12H11N3O. The van der Waals surface area contributed by atoms with Crippen LogP contribution in [0.15, 0.2) is 30.6 Å². The Morgan fingerprint density at radius 2 is 2.12 bits per heavy atom. The molecule has 2 heterocycles. The van der Waals surface area contributed by atoms with E-state index in [2.05, 4.69) is 15.0 Å². The third-order valence-electron chi connectivity index (χ3n) is 2.13. The van der Waals surface area contributed by atoms with Gasteiger partial charge >= 0.3 is 0 Å². The molecule has 0 atom stereocenters. The van der Waals surface area contributed by atoms with E-state index < -0.39 is 0 Å². The number of hydrogen-bond donors (Lipinski definition) is 0. The van der Waals surface area contributed by atoms with E-state index in [9.17, 15) is 4.79 Å². The number of nitrogens with zero attached hydrogens (tertiary/aromatic N) is 3. The predicted molar refractivity (Wildman–Crippen MR) is 60.0 cm³/mol. The van der Waals surface area contributed by atoms with Gasteiger partial charge in [0.15, 0.2) is 11.6 Å². The maximum absolute atomic E-state index is 11.2. The van der Waals surface area contributed by atoms with Crippen molar-refractivity contribution in [1.82, 2.24) is 15.0 Å².